The normalized spacial score (nSPS) is 16.4. The molecule has 0 aromatic heterocycles. The molecule has 24 heavy (non-hydrogen) atoms. The molecule has 2 rings (SSSR count). The number of nitrogens with one attached hydrogen (secondary N) is 1. The first-order chi connectivity index (χ1) is 10.7. The third kappa shape index (κ3) is 4.03. The maximum atomic E-state index is 12.2. The van der Waals surface area contributed by atoms with Gasteiger partial charge >= 0.3 is 6.09 Å². The molecule has 1 heterocycles. The van der Waals surface area contributed by atoms with Crippen molar-refractivity contribution in [2.24, 2.45) is 0 Å². The molecule has 1 aliphatic rings. The van der Waals surface area contributed by atoms with E-state index in [1.807, 2.05) is 33.8 Å². The molecular formula is C20H31NO3. The summed E-state index contributed by atoms with van der Waals surface area (Å²) in [6.45, 7) is 18.3. The molecule has 1 amide bonds. The zero-order chi connectivity index (χ0) is 18.5. The number of ether oxygens (including phenoxy) is 2. The second-order valence-electron chi connectivity index (χ2n) is 9.32. The molecule has 0 radical (unpaired) electrons. The van der Waals surface area contributed by atoms with Gasteiger partial charge in [0.05, 0.1) is 0 Å². The average molecular weight is 333 g/mol. The van der Waals surface area contributed by atoms with Gasteiger partial charge < -0.3 is 9.47 Å². The summed E-state index contributed by atoms with van der Waals surface area (Å²) in [6.07, 6.45) is 0.407. The number of amides is 1. The number of fused-ring (bicyclic) bond motifs is 1. The highest BCUT2D eigenvalue weighted by Gasteiger charge is 2.36. The summed E-state index contributed by atoms with van der Waals surface area (Å²) in [5.41, 5.74) is 3.31. The van der Waals surface area contributed by atoms with Gasteiger partial charge in [-0.3, -0.25) is 5.32 Å². The second-order valence-corrected chi connectivity index (χ2v) is 9.32. The van der Waals surface area contributed by atoms with E-state index in [1.165, 1.54) is 5.56 Å². The Morgan fingerprint density at radius 1 is 1.21 bits per heavy atom. The van der Waals surface area contributed by atoms with E-state index in [0.29, 0.717) is 0 Å². The van der Waals surface area contributed by atoms with Crippen molar-refractivity contribution in [3.05, 3.63) is 22.8 Å². The fraction of sp³-hybridized carbons (Fsp3) is 0.650. The lowest BCUT2D eigenvalue weighted by molar-refractivity contribution is 0.0635. The predicted octanol–water partition coefficient (Wildman–Crippen LogP) is 5.35. The van der Waals surface area contributed by atoms with Gasteiger partial charge in [0, 0.05) is 23.2 Å². The van der Waals surface area contributed by atoms with Gasteiger partial charge in [-0.2, -0.15) is 0 Å². The van der Waals surface area contributed by atoms with Crippen LogP contribution in [0.3, 0.4) is 0 Å². The van der Waals surface area contributed by atoms with Gasteiger partial charge in [0.2, 0.25) is 0 Å². The number of carbonyl (C=O) groups excluding carboxylic acids is 1. The third-order valence-corrected chi connectivity index (χ3v) is 4.09. The number of hydrogen-bond acceptors (Lipinski definition) is 3. The van der Waals surface area contributed by atoms with Gasteiger partial charge in [0.1, 0.15) is 17.0 Å². The first-order valence-electron chi connectivity index (χ1n) is 8.56. The molecule has 0 saturated carbocycles. The molecule has 0 atom stereocenters. The second kappa shape index (κ2) is 5.68. The molecule has 4 nitrogen and oxygen atoms in total. The Kier molecular flexibility index (Phi) is 4.41. The van der Waals surface area contributed by atoms with Crippen LogP contribution >= 0.6 is 0 Å². The summed E-state index contributed by atoms with van der Waals surface area (Å²) in [5, 5.41) is 2.92. The molecule has 0 bridgehead atoms. The van der Waals surface area contributed by atoms with Gasteiger partial charge in [0.25, 0.3) is 0 Å². The summed E-state index contributed by atoms with van der Waals surface area (Å²) in [6, 6.07) is 2.03. The molecule has 134 valence electrons. The highest BCUT2D eigenvalue weighted by atomic mass is 16.6. The van der Waals surface area contributed by atoms with Crippen LogP contribution in [0.4, 0.5) is 10.5 Å². The number of anilines is 1. The summed E-state index contributed by atoms with van der Waals surface area (Å²) in [7, 11) is 0. The van der Waals surface area contributed by atoms with E-state index in [0.717, 1.165) is 29.0 Å². The Hall–Kier alpha value is -1.71. The van der Waals surface area contributed by atoms with Crippen molar-refractivity contribution >= 4 is 11.8 Å². The summed E-state index contributed by atoms with van der Waals surface area (Å²) < 4.78 is 11.6. The lowest BCUT2D eigenvalue weighted by Gasteiger charge is -2.26. The van der Waals surface area contributed by atoms with E-state index < -0.39 is 11.7 Å². The van der Waals surface area contributed by atoms with E-state index in [-0.39, 0.29) is 11.0 Å². The largest absolute Gasteiger partial charge is 0.487 e. The summed E-state index contributed by atoms with van der Waals surface area (Å²) in [4.78, 5) is 12.2. The number of benzene rings is 1. The van der Waals surface area contributed by atoms with Crippen LogP contribution < -0.4 is 10.1 Å². The quantitative estimate of drug-likeness (QED) is 0.753. The first kappa shape index (κ1) is 18.6. The summed E-state index contributed by atoms with van der Waals surface area (Å²) >= 11 is 0. The number of rotatable bonds is 1. The van der Waals surface area contributed by atoms with E-state index in [2.05, 4.69) is 39.9 Å². The minimum absolute atomic E-state index is 0.0808. The highest BCUT2D eigenvalue weighted by Crippen LogP contribution is 2.46. The molecule has 1 aromatic carbocycles. The zero-order valence-electron chi connectivity index (χ0n) is 16.5. The van der Waals surface area contributed by atoms with Crippen LogP contribution in [0.5, 0.6) is 5.75 Å². The van der Waals surface area contributed by atoms with Crippen LogP contribution in [0.2, 0.25) is 0 Å². The van der Waals surface area contributed by atoms with Gasteiger partial charge in [-0.25, -0.2) is 4.79 Å². The lowest BCUT2D eigenvalue weighted by atomic mass is 9.83. The zero-order valence-corrected chi connectivity index (χ0v) is 16.5. The molecule has 0 spiro atoms. The SMILES string of the molecule is Cc1c(NC(=O)OC(C)(C)C)cc(C(C)(C)C)c2c1CC(C)(C)O2. The Balaban J connectivity index is 2.46. The molecule has 1 aliphatic heterocycles. The molecule has 0 saturated heterocycles. The van der Waals surface area contributed by atoms with E-state index in [4.69, 9.17) is 9.47 Å². The van der Waals surface area contributed by atoms with Crippen LogP contribution in [0.1, 0.15) is 72.1 Å². The third-order valence-electron chi connectivity index (χ3n) is 4.09. The molecule has 0 aliphatic carbocycles. The smallest absolute Gasteiger partial charge is 0.412 e. The molecule has 1 aromatic rings. The van der Waals surface area contributed by atoms with E-state index >= 15 is 0 Å². The van der Waals surface area contributed by atoms with Crippen molar-refractivity contribution in [1.82, 2.24) is 0 Å². The van der Waals surface area contributed by atoms with Gasteiger partial charge in [-0.05, 0) is 58.6 Å². The Morgan fingerprint density at radius 2 is 1.79 bits per heavy atom. The van der Waals surface area contributed by atoms with Crippen LogP contribution in [-0.4, -0.2) is 17.3 Å². The van der Waals surface area contributed by atoms with Crippen molar-refractivity contribution in [3.63, 3.8) is 0 Å². The van der Waals surface area contributed by atoms with E-state index in [1.54, 1.807) is 0 Å². The van der Waals surface area contributed by atoms with Crippen molar-refractivity contribution in [2.45, 2.75) is 85.4 Å². The van der Waals surface area contributed by atoms with Crippen LogP contribution in [0, 0.1) is 6.92 Å². The van der Waals surface area contributed by atoms with Gasteiger partial charge in [-0.1, -0.05) is 20.8 Å². The predicted molar refractivity (Wildman–Crippen MR) is 98.1 cm³/mol. The van der Waals surface area contributed by atoms with Crippen molar-refractivity contribution in [2.75, 3.05) is 5.32 Å². The fourth-order valence-electron chi connectivity index (χ4n) is 2.98. The lowest BCUT2D eigenvalue weighted by Crippen LogP contribution is -2.27. The maximum absolute atomic E-state index is 12.2. The molecule has 0 unspecified atom stereocenters. The van der Waals surface area contributed by atoms with Gasteiger partial charge in [-0.15, -0.1) is 0 Å². The summed E-state index contributed by atoms with van der Waals surface area (Å²) in [5.74, 6) is 0.972. The highest BCUT2D eigenvalue weighted by molar-refractivity contribution is 5.87. The van der Waals surface area contributed by atoms with Crippen LogP contribution in [0.15, 0.2) is 6.07 Å². The van der Waals surface area contributed by atoms with Gasteiger partial charge in [0.15, 0.2) is 0 Å². The monoisotopic (exact) mass is 333 g/mol. The van der Waals surface area contributed by atoms with Crippen LogP contribution in [-0.2, 0) is 16.6 Å². The maximum Gasteiger partial charge on any atom is 0.412 e. The molecule has 0 fully saturated rings. The Labute approximate surface area is 145 Å². The minimum atomic E-state index is -0.521. The first-order valence-corrected chi connectivity index (χ1v) is 8.56. The minimum Gasteiger partial charge on any atom is -0.487 e. The van der Waals surface area contributed by atoms with E-state index in [9.17, 15) is 4.79 Å². The Morgan fingerprint density at radius 3 is 2.29 bits per heavy atom. The topological polar surface area (TPSA) is 47.6 Å². The standard InChI is InChI=1S/C20H31NO3/c1-12-13-11-20(8,9)23-16(13)14(18(2,3)4)10-15(12)21-17(22)24-19(5,6)7/h10H,11H2,1-9H3,(H,21,22). The molecule has 1 N–H and O–H groups in total. The number of hydrogen-bond donors (Lipinski definition) is 1. The molecular weight excluding hydrogens is 302 g/mol. The Bertz CT molecular complexity index is 661. The number of carbonyl (C=O) groups is 1. The fourth-order valence-corrected chi connectivity index (χ4v) is 2.98. The van der Waals surface area contributed by atoms with Crippen molar-refractivity contribution < 1.29 is 14.3 Å². The molecule has 4 heteroatoms. The average Bonchev–Trinajstić information content (AvgIpc) is 2.64. The van der Waals surface area contributed by atoms with Crippen LogP contribution in [0.25, 0.3) is 0 Å². The van der Waals surface area contributed by atoms with Crippen molar-refractivity contribution in [1.29, 1.82) is 0 Å². The van der Waals surface area contributed by atoms with Crippen molar-refractivity contribution in [3.8, 4) is 5.75 Å².